The molecule has 0 N–H and O–H groups in total. The maximum Gasteiger partial charge on any atom is 0.0541 e. The smallest absolute Gasteiger partial charge is 0.0541 e. The summed E-state index contributed by atoms with van der Waals surface area (Å²) in [5.74, 6) is 0.498. The van der Waals surface area contributed by atoms with E-state index in [1.54, 1.807) is 0 Å². The maximum atomic E-state index is 2.42. The standard InChI is InChI=1S/C59H42N2/c1-38(2)39-24-30-44(31-25-39)60-54-22-12-10-16-46(54)52-36-42(28-34-56(52)60)43-29-35-57-53(37-43)47-17-11-13-23-55(47)61(57)45-32-26-41(27-33-45)59-50-20-8-6-18-48(50)58(40-14-4-3-5-15-40)49-19-7-9-21-51(49)59/h3-38H,1-2H3. The second-order valence-corrected chi connectivity index (χ2v) is 16.7. The van der Waals surface area contributed by atoms with E-state index in [2.05, 4.69) is 235 Å². The third-order valence-corrected chi connectivity index (χ3v) is 12.9. The van der Waals surface area contributed by atoms with Crippen molar-refractivity contribution in [2.75, 3.05) is 0 Å². The van der Waals surface area contributed by atoms with Crippen LogP contribution in [0.1, 0.15) is 25.3 Å². The zero-order valence-corrected chi connectivity index (χ0v) is 34.2. The van der Waals surface area contributed by atoms with Gasteiger partial charge in [0, 0.05) is 32.9 Å². The first kappa shape index (κ1) is 35.3. The van der Waals surface area contributed by atoms with Gasteiger partial charge in [0.25, 0.3) is 0 Å². The van der Waals surface area contributed by atoms with Crippen LogP contribution in [0.3, 0.4) is 0 Å². The molecule has 0 saturated carbocycles. The van der Waals surface area contributed by atoms with E-state index in [-0.39, 0.29) is 0 Å². The van der Waals surface area contributed by atoms with Gasteiger partial charge in [0.05, 0.1) is 22.1 Å². The van der Waals surface area contributed by atoms with Gasteiger partial charge in [-0.1, -0.05) is 166 Å². The molecule has 0 saturated heterocycles. The molecule has 12 rings (SSSR count). The van der Waals surface area contributed by atoms with Gasteiger partial charge in [0.1, 0.15) is 0 Å². The predicted molar refractivity (Wildman–Crippen MR) is 261 cm³/mol. The Morgan fingerprint density at radius 3 is 1.07 bits per heavy atom. The number of benzene rings is 10. The van der Waals surface area contributed by atoms with Gasteiger partial charge in [-0.15, -0.1) is 0 Å². The van der Waals surface area contributed by atoms with E-state index in [4.69, 9.17) is 0 Å². The molecule has 2 heterocycles. The summed E-state index contributed by atoms with van der Waals surface area (Å²) in [6, 6.07) is 78.4. The van der Waals surface area contributed by atoms with Gasteiger partial charge >= 0.3 is 0 Å². The van der Waals surface area contributed by atoms with E-state index < -0.39 is 0 Å². The number of hydrogen-bond donors (Lipinski definition) is 0. The van der Waals surface area contributed by atoms with Crippen molar-refractivity contribution < 1.29 is 0 Å². The zero-order valence-electron chi connectivity index (χ0n) is 34.2. The first-order valence-electron chi connectivity index (χ1n) is 21.4. The lowest BCUT2D eigenvalue weighted by molar-refractivity contribution is 0.866. The molecule has 0 spiro atoms. The minimum Gasteiger partial charge on any atom is -0.309 e. The summed E-state index contributed by atoms with van der Waals surface area (Å²) < 4.78 is 4.83. The summed E-state index contributed by atoms with van der Waals surface area (Å²) >= 11 is 0. The second-order valence-electron chi connectivity index (χ2n) is 16.7. The molecule has 0 radical (unpaired) electrons. The van der Waals surface area contributed by atoms with Crippen LogP contribution in [0.25, 0.3) is 110 Å². The Labute approximate surface area is 355 Å². The van der Waals surface area contributed by atoms with Crippen molar-refractivity contribution in [1.29, 1.82) is 0 Å². The van der Waals surface area contributed by atoms with E-state index in [9.17, 15) is 0 Å². The molecule has 0 aliphatic carbocycles. The molecule has 0 amide bonds. The predicted octanol–water partition coefficient (Wildman–Crippen LogP) is 16.3. The molecule has 288 valence electrons. The molecule has 0 atom stereocenters. The second kappa shape index (κ2) is 14.0. The number of aromatic nitrogens is 2. The third kappa shape index (κ3) is 5.56. The van der Waals surface area contributed by atoms with Gasteiger partial charge in [-0.05, 0) is 127 Å². The van der Waals surface area contributed by atoms with Crippen LogP contribution < -0.4 is 0 Å². The Morgan fingerprint density at radius 2 is 0.623 bits per heavy atom. The highest BCUT2D eigenvalue weighted by molar-refractivity contribution is 6.21. The first-order chi connectivity index (χ1) is 30.1. The summed E-state index contributed by atoms with van der Waals surface area (Å²) in [4.78, 5) is 0. The van der Waals surface area contributed by atoms with Crippen LogP contribution in [-0.2, 0) is 0 Å². The van der Waals surface area contributed by atoms with Crippen LogP contribution in [0.5, 0.6) is 0 Å². The summed E-state index contributed by atoms with van der Waals surface area (Å²) in [7, 11) is 0. The van der Waals surface area contributed by atoms with Crippen molar-refractivity contribution in [3.8, 4) is 44.8 Å². The average molecular weight is 779 g/mol. The van der Waals surface area contributed by atoms with E-state index in [0.717, 1.165) is 5.69 Å². The monoisotopic (exact) mass is 778 g/mol. The Hall–Kier alpha value is -7.68. The molecule has 61 heavy (non-hydrogen) atoms. The first-order valence-corrected chi connectivity index (χ1v) is 21.4. The summed E-state index contributed by atoms with van der Waals surface area (Å²) in [5, 5.41) is 10.1. The fourth-order valence-electron chi connectivity index (χ4n) is 10.0. The molecule has 0 fully saturated rings. The lowest BCUT2D eigenvalue weighted by Gasteiger charge is -2.18. The summed E-state index contributed by atoms with van der Waals surface area (Å²) in [5.41, 5.74) is 16.0. The number of nitrogens with zero attached hydrogens (tertiary/aromatic N) is 2. The molecule has 12 aromatic rings. The van der Waals surface area contributed by atoms with Crippen molar-refractivity contribution >= 4 is 65.2 Å². The highest BCUT2D eigenvalue weighted by atomic mass is 15.0. The number of fused-ring (bicyclic) bond motifs is 8. The highest BCUT2D eigenvalue weighted by Gasteiger charge is 2.19. The molecular formula is C59H42N2. The van der Waals surface area contributed by atoms with Crippen molar-refractivity contribution in [1.82, 2.24) is 9.13 Å². The van der Waals surface area contributed by atoms with Gasteiger partial charge in [-0.25, -0.2) is 0 Å². The molecule has 10 aromatic carbocycles. The lowest BCUT2D eigenvalue weighted by atomic mass is 9.86. The number of para-hydroxylation sites is 2. The topological polar surface area (TPSA) is 9.86 Å². The quantitative estimate of drug-likeness (QED) is 0.149. The Kier molecular flexibility index (Phi) is 8.08. The zero-order chi connectivity index (χ0) is 40.6. The van der Waals surface area contributed by atoms with E-state index in [1.165, 1.54) is 110 Å². The fraction of sp³-hybridized carbons (Fsp3) is 0.0508. The van der Waals surface area contributed by atoms with E-state index in [0.29, 0.717) is 5.92 Å². The van der Waals surface area contributed by atoms with Crippen LogP contribution in [0.4, 0.5) is 0 Å². The molecule has 0 aliphatic rings. The SMILES string of the molecule is CC(C)c1ccc(-n2c3ccccc3c3cc(-c4ccc5c(c4)c4ccccc4n5-c4ccc(-c5c6ccccc6c(-c6ccccc6)c6ccccc56)cc4)ccc32)cc1. The minimum absolute atomic E-state index is 0.498. The van der Waals surface area contributed by atoms with E-state index in [1.807, 2.05) is 0 Å². The largest absolute Gasteiger partial charge is 0.309 e. The van der Waals surface area contributed by atoms with Crippen LogP contribution in [0.2, 0.25) is 0 Å². The van der Waals surface area contributed by atoms with Crippen molar-refractivity contribution in [3.05, 3.63) is 218 Å². The third-order valence-electron chi connectivity index (χ3n) is 12.9. The molecular weight excluding hydrogens is 737 g/mol. The van der Waals surface area contributed by atoms with Crippen LogP contribution in [-0.4, -0.2) is 9.13 Å². The van der Waals surface area contributed by atoms with Gasteiger partial charge in [0.2, 0.25) is 0 Å². The van der Waals surface area contributed by atoms with Gasteiger partial charge in [-0.2, -0.15) is 0 Å². The lowest BCUT2D eigenvalue weighted by Crippen LogP contribution is -1.95. The maximum absolute atomic E-state index is 2.42. The van der Waals surface area contributed by atoms with Gasteiger partial charge < -0.3 is 9.13 Å². The van der Waals surface area contributed by atoms with Gasteiger partial charge in [-0.3, -0.25) is 0 Å². The average Bonchev–Trinajstić information content (AvgIpc) is 3.83. The number of rotatable bonds is 6. The fourth-order valence-corrected chi connectivity index (χ4v) is 10.0. The molecule has 2 heteroatoms. The summed E-state index contributed by atoms with van der Waals surface area (Å²) in [6.07, 6.45) is 0. The van der Waals surface area contributed by atoms with Crippen LogP contribution >= 0.6 is 0 Å². The van der Waals surface area contributed by atoms with Crippen LogP contribution in [0.15, 0.2) is 212 Å². The Balaban J connectivity index is 0.974. The molecule has 0 bridgehead atoms. The molecule has 2 nitrogen and oxygen atoms in total. The Morgan fingerprint density at radius 1 is 0.279 bits per heavy atom. The number of hydrogen-bond acceptors (Lipinski definition) is 0. The summed E-state index contributed by atoms with van der Waals surface area (Å²) in [6.45, 7) is 4.50. The molecule has 0 aliphatic heterocycles. The highest BCUT2D eigenvalue weighted by Crippen LogP contribution is 2.44. The molecule has 0 unspecified atom stereocenters. The van der Waals surface area contributed by atoms with Gasteiger partial charge in [0.15, 0.2) is 0 Å². The van der Waals surface area contributed by atoms with Crippen molar-refractivity contribution in [3.63, 3.8) is 0 Å². The van der Waals surface area contributed by atoms with Crippen molar-refractivity contribution in [2.24, 2.45) is 0 Å². The normalized spacial score (nSPS) is 11.9. The molecule has 2 aromatic heterocycles. The minimum atomic E-state index is 0.498. The Bertz CT molecular complexity index is 3580. The van der Waals surface area contributed by atoms with E-state index >= 15 is 0 Å². The van der Waals surface area contributed by atoms with Crippen LogP contribution in [0, 0.1) is 0 Å². The van der Waals surface area contributed by atoms with Crippen molar-refractivity contribution in [2.45, 2.75) is 19.8 Å².